The van der Waals surface area contributed by atoms with Crippen molar-refractivity contribution in [2.45, 2.75) is 19.9 Å². The molecular weight excluding hydrogens is 427 g/mol. The molecule has 3 aromatic rings. The van der Waals surface area contributed by atoms with Crippen LogP contribution in [-0.4, -0.2) is 39.6 Å². The molecule has 0 fully saturated rings. The molecule has 0 saturated carbocycles. The Bertz CT molecular complexity index is 1150. The van der Waals surface area contributed by atoms with Crippen LogP contribution in [0.3, 0.4) is 0 Å². The highest BCUT2D eigenvalue weighted by Gasteiger charge is 2.19. The van der Waals surface area contributed by atoms with Gasteiger partial charge in [-0.2, -0.15) is 5.10 Å². The van der Waals surface area contributed by atoms with E-state index in [1.165, 1.54) is 11.0 Å². The summed E-state index contributed by atoms with van der Waals surface area (Å²) in [5.41, 5.74) is 0.0125. The Morgan fingerprint density at radius 2 is 1.93 bits per heavy atom. The third-order valence-corrected chi connectivity index (χ3v) is 4.99. The maximum Gasteiger partial charge on any atom is 0.275 e. The molecule has 0 unspecified atom stereocenters. The van der Waals surface area contributed by atoms with Gasteiger partial charge in [-0.15, -0.1) is 0 Å². The highest BCUT2D eigenvalue weighted by Crippen LogP contribution is 2.25. The number of nitrogens with one attached hydrogen (secondary N) is 1. The number of carbonyl (C=O) groups is 2. The highest BCUT2D eigenvalue weighted by molar-refractivity contribution is 6.35. The van der Waals surface area contributed by atoms with Crippen LogP contribution in [0.15, 0.2) is 53.5 Å². The van der Waals surface area contributed by atoms with Crippen molar-refractivity contribution in [2.75, 3.05) is 18.4 Å². The first-order valence-corrected chi connectivity index (χ1v) is 10.1. The van der Waals surface area contributed by atoms with Crippen molar-refractivity contribution in [3.05, 3.63) is 69.1 Å². The lowest BCUT2D eigenvalue weighted by molar-refractivity contribution is -0.135. The van der Waals surface area contributed by atoms with Crippen LogP contribution in [0.2, 0.25) is 10.0 Å². The van der Waals surface area contributed by atoms with Crippen LogP contribution in [0.25, 0.3) is 10.8 Å². The molecule has 1 N–H and O–H groups in total. The summed E-state index contributed by atoms with van der Waals surface area (Å²) in [6, 6.07) is 11.8. The molecule has 2 amide bonds. The maximum atomic E-state index is 12.8. The van der Waals surface area contributed by atoms with E-state index in [9.17, 15) is 14.4 Å². The zero-order chi connectivity index (χ0) is 21.7. The zero-order valence-electron chi connectivity index (χ0n) is 16.3. The smallest absolute Gasteiger partial charge is 0.275 e. The van der Waals surface area contributed by atoms with Crippen LogP contribution >= 0.6 is 23.2 Å². The van der Waals surface area contributed by atoms with Gasteiger partial charge in [-0.3, -0.25) is 14.4 Å². The Morgan fingerprint density at radius 3 is 2.70 bits per heavy atom. The second kappa shape index (κ2) is 9.73. The molecular formula is C21H20Cl2N4O3. The van der Waals surface area contributed by atoms with E-state index >= 15 is 0 Å². The van der Waals surface area contributed by atoms with Gasteiger partial charge in [0.05, 0.1) is 28.8 Å². The van der Waals surface area contributed by atoms with Crippen molar-refractivity contribution in [1.82, 2.24) is 14.7 Å². The molecule has 2 aromatic carbocycles. The highest BCUT2D eigenvalue weighted by atomic mass is 35.5. The number of rotatable bonds is 7. The van der Waals surface area contributed by atoms with Crippen LogP contribution in [-0.2, 0) is 16.1 Å². The fraction of sp³-hybridized carbons (Fsp3) is 0.238. The van der Waals surface area contributed by atoms with E-state index in [0.717, 1.165) is 4.68 Å². The second-order valence-electron chi connectivity index (χ2n) is 6.68. The van der Waals surface area contributed by atoms with E-state index in [2.05, 4.69) is 10.4 Å². The van der Waals surface area contributed by atoms with Gasteiger partial charge in [0.2, 0.25) is 11.8 Å². The number of hydrogen-bond donors (Lipinski definition) is 1. The fourth-order valence-electron chi connectivity index (χ4n) is 2.99. The number of benzene rings is 2. The topological polar surface area (TPSA) is 84.3 Å². The van der Waals surface area contributed by atoms with E-state index in [0.29, 0.717) is 39.5 Å². The van der Waals surface area contributed by atoms with E-state index in [4.69, 9.17) is 23.2 Å². The van der Waals surface area contributed by atoms with Gasteiger partial charge in [0, 0.05) is 17.0 Å². The summed E-state index contributed by atoms with van der Waals surface area (Å²) >= 11 is 12.0. The third-order valence-electron chi connectivity index (χ3n) is 4.43. The van der Waals surface area contributed by atoms with E-state index in [1.54, 1.807) is 36.5 Å². The van der Waals surface area contributed by atoms with Crippen LogP contribution in [0.4, 0.5) is 5.69 Å². The summed E-state index contributed by atoms with van der Waals surface area (Å²) in [7, 11) is 0. The summed E-state index contributed by atoms with van der Waals surface area (Å²) in [6.45, 7) is 1.82. The minimum absolute atomic E-state index is 0.183. The van der Waals surface area contributed by atoms with Crippen molar-refractivity contribution in [3.63, 3.8) is 0 Å². The van der Waals surface area contributed by atoms with Gasteiger partial charge in [-0.25, -0.2) is 4.68 Å². The fourth-order valence-corrected chi connectivity index (χ4v) is 3.32. The summed E-state index contributed by atoms with van der Waals surface area (Å²) in [6.07, 6.45) is 2.19. The first-order valence-electron chi connectivity index (χ1n) is 9.36. The predicted molar refractivity (Wildman–Crippen MR) is 118 cm³/mol. The summed E-state index contributed by atoms with van der Waals surface area (Å²) < 4.78 is 1.11. The Hall–Kier alpha value is -2.90. The Morgan fingerprint density at radius 1 is 1.17 bits per heavy atom. The lowest BCUT2D eigenvalue weighted by Gasteiger charge is -2.22. The molecule has 0 radical (unpaired) electrons. The number of amides is 2. The summed E-state index contributed by atoms with van der Waals surface area (Å²) in [5, 5.41) is 8.70. The van der Waals surface area contributed by atoms with Crippen molar-refractivity contribution < 1.29 is 9.59 Å². The Labute approximate surface area is 183 Å². The average molecular weight is 447 g/mol. The lowest BCUT2D eigenvalue weighted by Crippen LogP contribution is -2.42. The molecule has 30 heavy (non-hydrogen) atoms. The van der Waals surface area contributed by atoms with Crippen molar-refractivity contribution in [3.8, 4) is 0 Å². The van der Waals surface area contributed by atoms with Gasteiger partial charge in [-0.1, -0.05) is 48.3 Å². The van der Waals surface area contributed by atoms with Gasteiger partial charge in [0.25, 0.3) is 5.56 Å². The molecule has 0 aliphatic rings. The first-order chi connectivity index (χ1) is 14.4. The van der Waals surface area contributed by atoms with E-state index in [-0.39, 0.29) is 24.6 Å². The molecule has 0 atom stereocenters. The maximum absolute atomic E-state index is 12.8. The van der Waals surface area contributed by atoms with E-state index in [1.807, 2.05) is 13.0 Å². The predicted octanol–water partition coefficient (Wildman–Crippen LogP) is 3.58. The molecule has 0 aliphatic heterocycles. The second-order valence-corrected chi connectivity index (χ2v) is 7.53. The quantitative estimate of drug-likeness (QED) is 0.600. The van der Waals surface area contributed by atoms with Crippen LogP contribution in [0, 0.1) is 0 Å². The SMILES string of the molecule is CCCN(CC(=O)Nc1cc(Cl)ccc1Cl)C(=O)Cn1ncc2ccccc2c1=O. The zero-order valence-corrected chi connectivity index (χ0v) is 17.8. The molecule has 1 heterocycles. The molecule has 0 bridgehead atoms. The average Bonchev–Trinajstić information content (AvgIpc) is 2.72. The van der Waals surface area contributed by atoms with Crippen molar-refractivity contribution >= 4 is 51.5 Å². The minimum atomic E-state index is -0.417. The molecule has 0 saturated heterocycles. The molecule has 156 valence electrons. The number of halogens is 2. The van der Waals surface area contributed by atoms with Gasteiger partial charge in [-0.05, 0) is 30.7 Å². The third kappa shape index (κ3) is 5.17. The largest absolute Gasteiger partial charge is 0.332 e. The summed E-state index contributed by atoms with van der Waals surface area (Å²) in [4.78, 5) is 39.3. The van der Waals surface area contributed by atoms with Crippen molar-refractivity contribution in [2.24, 2.45) is 0 Å². The Kier molecular flexibility index (Phi) is 7.07. The summed E-state index contributed by atoms with van der Waals surface area (Å²) in [5.74, 6) is -0.797. The van der Waals surface area contributed by atoms with Gasteiger partial charge < -0.3 is 10.2 Å². The number of carbonyl (C=O) groups excluding carboxylic acids is 2. The lowest BCUT2D eigenvalue weighted by atomic mass is 10.2. The molecule has 9 heteroatoms. The van der Waals surface area contributed by atoms with Gasteiger partial charge >= 0.3 is 0 Å². The van der Waals surface area contributed by atoms with Crippen LogP contribution in [0.5, 0.6) is 0 Å². The number of nitrogens with zero attached hydrogens (tertiary/aromatic N) is 3. The number of anilines is 1. The molecule has 0 spiro atoms. The Balaban J connectivity index is 1.73. The van der Waals surface area contributed by atoms with E-state index < -0.39 is 5.91 Å². The molecule has 7 nitrogen and oxygen atoms in total. The monoisotopic (exact) mass is 446 g/mol. The standard InChI is InChI=1S/C21H20Cl2N4O3/c1-2-9-26(12-19(28)25-18-10-15(22)7-8-17(18)23)20(29)13-27-21(30)16-6-4-3-5-14(16)11-24-27/h3-8,10-11H,2,9,12-13H2,1H3,(H,25,28). The minimum Gasteiger partial charge on any atom is -0.332 e. The van der Waals surface area contributed by atoms with Crippen molar-refractivity contribution in [1.29, 1.82) is 0 Å². The normalized spacial score (nSPS) is 10.8. The molecule has 0 aliphatic carbocycles. The van der Waals surface area contributed by atoms with Gasteiger partial charge in [0.1, 0.15) is 6.54 Å². The number of aromatic nitrogens is 2. The van der Waals surface area contributed by atoms with Crippen LogP contribution in [0.1, 0.15) is 13.3 Å². The first kappa shape index (κ1) is 21.8. The number of hydrogen-bond acceptors (Lipinski definition) is 4. The molecule has 3 rings (SSSR count). The molecule has 1 aromatic heterocycles. The number of fused-ring (bicyclic) bond motifs is 1. The van der Waals surface area contributed by atoms with Crippen LogP contribution < -0.4 is 10.9 Å². The van der Waals surface area contributed by atoms with Gasteiger partial charge in [0.15, 0.2) is 0 Å².